The van der Waals surface area contributed by atoms with E-state index in [0.29, 0.717) is 35.2 Å². The van der Waals surface area contributed by atoms with E-state index in [1.165, 1.54) is 18.9 Å². The van der Waals surface area contributed by atoms with E-state index >= 15 is 0 Å². The van der Waals surface area contributed by atoms with Crippen LogP contribution in [0, 0.1) is 0 Å². The van der Waals surface area contributed by atoms with E-state index in [9.17, 15) is 14.4 Å². The van der Waals surface area contributed by atoms with Gasteiger partial charge in [0.1, 0.15) is 5.75 Å². The average Bonchev–Trinajstić information content (AvgIpc) is 3.47. The van der Waals surface area contributed by atoms with Crippen LogP contribution in [-0.4, -0.2) is 54.4 Å². The minimum atomic E-state index is -0.417. The van der Waals surface area contributed by atoms with Crippen LogP contribution in [0.1, 0.15) is 57.3 Å². The van der Waals surface area contributed by atoms with Crippen molar-refractivity contribution in [3.8, 4) is 5.75 Å². The largest absolute Gasteiger partial charge is 0.494 e. The monoisotopic (exact) mass is 419 g/mol. The Kier molecular flexibility index (Phi) is 4.98. The fourth-order valence-corrected chi connectivity index (χ4v) is 4.42. The van der Waals surface area contributed by atoms with Crippen molar-refractivity contribution in [2.24, 2.45) is 0 Å². The minimum Gasteiger partial charge on any atom is -0.494 e. The van der Waals surface area contributed by atoms with E-state index in [1.54, 1.807) is 36.4 Å². The summed E-state index contributed by atoms with van der Waals surface area (Å²) in [7, 11) is 0. The van der Waals surface area contributed by atoms with Gasteiger partial charge in [0.15, 0.2) is 0 Å². The standard InChI is InChI=1S/C24H25N3O4/c1-2-31-19-8-6-18(7-9-19)27-23(29)20-10-3-15(13-21(20)24(27)30)22(28)25-16-11-12-26(14-16)17-4-5-17/h3,6-10,13,16-17H,2,4-5,11-12,14H2,1H3,(H,25,28). The Balaban J connectivity index is 1.31. The summed E-state index contributed by atoms with van der Waals surface area (Å²) in [6.07, 6.45) is 3.45. The summed E-state index contributed by atoms with van der Waals surface area (Å²) < 4.78 is 5.42. The third kappa shape index (κ3) is 3.70. The molecule has 31 heavy (non-hydrogen) atoms. The summed E-state index contributed by atoms with van der Waals surface area (Å²) in [4.78, 5) is 42.2. The molecule has 160 valence electrons. The van der Waals surface area contributed by atoms with Crippen LogP contribution in [0.15, 0.2) is 42.5 Å². The molecule has 2 fully saturated rings. The quantitative estimate of drug-likeness (QED) is 0.729. The van der Waals surface area contributed by atoms with Gasteiger partial charge in [0.2, 0.25) is 0 Å². The molecule has 2 heterocycles. The van der Waals surface area contributed by atoms with Crippen molar-refractivity contribution in [3.05, 3.63) is 59.2 Å². The highest BCUT2D eigenvalue weighted by atomic mass is 16.5. The number of likely N-dealkylation sites (tertiary alicyclic amines) is 1. The first-order chi connectivity index (χ1) is 15.0. The molecule has 1 unspecified atom stereocenters. The molecule has 1 saturated heterocycles. The van der Waals surface area contributed by atoms with E-state index < -0.39 is 5.91 Å². The second-order valence-corrected chi connectivity index (χ2v) is 8.32. The van der Waals surface area contributed by atoms with Gasteiger partial charge in [0, 0.05) is 30.7 Å². The summed E-state index contributed by atoms with van der Waals surface area (Å²) in [5.41, 5.74) is 1.46. The van der Waals surface area contributed by atoms with E-state index in [2.05, 4.69) is 10.2 Å². The molecule has 0 aromatic heterocycles. The normalized spacial score (nSPS) is 20.8. The number of carbonyl (C=O) groups excluding carboxylic acids is 3. The van der Waals surface area contributed by atoms with Gasteiger partial charge >= 0.3 is 0 Å². The molecule has 1 N–H and O–H groups in total. The predicted octanol–water partition coefficient (Wildman–Crippen LogP) is 2.85. The van der Waals surface area contributed by atoms with Crippen LogP contribution >= 0.6 is 0 Å². The zero-order valence-electron chi connectivity index (χ0n) is 17.5. The van der Waals surface area contributed by atoms with Gasteiger partial charge in [-0.1, -0.05) is 0 Å². The van der Waals surface area contributed by atoms with Gasteiger partial charge in [-0.2, -0.15) is 0 Å². The van der Waals surface area contributed by atoms with E-state index in [4.69, 9.17) is 4.74 Å². The summed E-state index contributed by atoms with van der Waals surface area (Å²) >= 11 is 0. The van der Waals surface area contributed by atoms with Crippen molar-refractivity contribution in [2.45, 2.75) is 38.3 Å². The van der Waals surface area contributed by atoms with Gasteiger partial charge < -0.3 is 10.1 Å². The number of anilines is 1. The van der Waals surface area contributed by atoms with Gasteiger partial charge in [-0.25, -0.2) is 4.90 Å². The van der Waals surface area contributed by atoms with Crippen LogP contribution in [0.3, 0.4) is 0 Å². The molecule has 5 rings (SSSR count). The molecular formula is C24H25N3O4. The van der Waals surface area contributed by atoms with Crippen molar-refractivity contribution >= 4 is 23.4 Å². The first kappa shape index (κ1) is 19.8. The molecule has 3 amide bonds. The Bertz CT molecular complexity index is 1050. The number of amides is 3. The molecule has 3 aliphatic rings. The topological polar surface area (TPSA) is 79.0 Å². The Hall–Kier alpha value is -3.19. The van der Waals surface area contributed by atoms with Gasteiger partial charge in [-0.05, 0) is 68.7 Å². The Labute approximate surface area is 181 Å². The van der Waals surface area contributed by atoms with Crippen LogP contribution in [-0.2, 0) is 0 Å². The number of ether oxygens (including phenoxy) is 1. The fourth-order valence-electron chi connectivity index (χ4n) is 4.42. The Morgan fingerprint density at radius 3 is 2.48 bits per heavy atom. The lowest BCUT2D eigenvalue weighted by Gasteiger charge is -2.16. The third-order valence-electron chi connectivity index (χ3n) is 6.17. The van der Waals surface area contributed by atoms with Crippen molar-refractivity contribution in [3.63, 3.8) is 0 Å². The molecule has 1 aliphatic carbocycles. The fraction of sp³-hybridized carbons (Fsp3) is 0.375. The first-order valence-corrected chi connectivity index (χ1v) is 10.9. The molecule has 7 heteroatoms. The third-order valence-corrected chi connectivity index (χ3v) is 6.17. The van der Waals surface area contributed by atoms with Gasteiger partial charge in [0.05, 0.1) is 23.4 Å². The summed E-state index contributed by atoms with van der Waals surface area (Å²) in [6, 6.07) is 12.4. The Morgan fingerprint density at radius 1 is 1.03 bits per heavy atom. The summed E-state index contributed by atoms with van der Waals surface area (Å²) in [5.74, 6) is -0.328. The summed E-state index contributed by atoms with van der Waals surface area (Å²) in [5, 5.41) is 3.08. The van der Waals surface area contributed by atoms with E-state index in [1.807, 2.05) is 6.92 Å². The molecule has 2 aromatic rings. The Morgan fingerprint density at radius 2 is 1.77 bits per heavy atom. The number of hydrogen-bond acceptors (Lipinski definition) is 5. The summed E-state index contributed by atoms with van der Waals surface area (Å²) in [6.45, 7) is 4.33. The lowest BCUT2D eigenvalue weighted by molar-refractivity contribution is 0.0921. The van der Waals surface area contributed by atoms with Crippen LogP contribution < -0.4 is 15.0 Å². The number of rotatable bonds is 6. The van der Waals surface area contributed by atoms with E-state index in [-0.39, 0.29) is 23.4 Å². The SMILES string of the molecule is CCOc1ccc(N2C(=O)c3ccc(C(=O)NC4CCN(C5CC5)C4)cc3C2=O)cc1. The highest BCUT2D eigenvalue weighted by Crippen LogP contribution is 2.31. The number of fused-ring (bicyclic) bond motifs is 1. The first-order valence-electron chi connectivity index (χ1n) is 10.9. The lowest BCUT2D eigenvalue weighted by atomic mass is 10.0. The zero-order chi connectivity index (χ0) is 21.5. The second kappa shape index (κ2) is 7.81. The molecular weight excluding hydrogens is 394 g/mol. The molecule has 0 radical (unpaired) electrons. The van der Waals surface area contributed by atoms with Crippen molar-refractivity contribution < 1.29 is 19.1 Å². The van der Waals surface area contributed by atoms with Crippen LogP contribution in [0.25, 0.3) is 0 Å². The van der Waals surface area contributed by atoms with E-state index in [0.717, 1.165) is 24.4 Å². The maximum atomic E-state index is 13.0. The molecule has 7 nitrogen and oxygen atoms in total. The van der Waals surface area contributed by atoms with Crippen molar-refractivity contribution in [1.29, 1.82) is 0 Å². The molecule has 1 saturated carbocycles. The van der Waals surface area contributed by atoms with Crippen molar-refractivity contribution in [2.75, 3.05) is 24.6 Å². The minimum absolute atomic E-state index is 0.124. The number of hydrogen-bond donors (Lipinski definition) is 1. The van der Waals surface area contributed by atoms with Gasteiger partial charge in [-0.15, -0.1) is 0 Å². The maximum absolute atomic E-state index is 13.0. The lowest BCUT2D eigenvalue weighted by Crippen LogP contribution is -2.37. The molecule has 1 atom stereocenters. The number of carbonyl (C=O) groups is 3. The molecule has 0 bridgehead atoms. The van der Waals surface area contributed by atoms with Gasteiger partial charge in [-0.3, -0.25) is 19.3 Å². The zero-order valence-corrected chi connectivity index (χ0v) is 17.5. The number of imide groups is 1. The number of nitrogens with one attached hydrogen (secondary N) is 1. The molecule has 2 aliphatic heterocycles. The average molecular weight is 419 g/mol. The highest BCUT2D eigenvalue weighted by molar-refractivity contribution is 6.34. The molecule has 0 spiro atoms. The van der Waals surface area contributed by atoms with Crippen LogP contribution in [0.5, 0.6) is 5.75 Å². The molecule has 2 aromatic carbocycles. The van der Waals surface area contributed by atoms with Gasteiger partial charge in [0.25, 0.3) is 17.7 Å². The van der Waals surface area contributed by atoms with Crippen LogP contribution in [0.4, 0.5) is 5.69 Å². The second-order valence-electron chi connectivity index (χ2n) is 8.32. The maximum Gasteiger partial charge on any atom is 0.266 e. The van der Waals surface area contributed by atoms with Crippen molar-refractivity contribution in [1.82, 2.24) is 10.2 Å². The number of benzene rings is 2. The van der Waals surface area contributed by atoms with Crippen LogP contribution in [0.2, 0.25) is 0 Å². The highest BCUT2D eigenvalue weighted by Gasteiger charge is 2.38. The smallest absolute Gasteiger partial charge is 0.266 e. The number of nitrogens with zero attached hydrogens (tertiary/aromatic N) is 2. The predicted molar refractivity (Wildman–Crippen MR) is 116 cm³/mol.